The Labute approximate surface area is 122 Å². The monoisotopic (exact) mass is 278 g/mol. The van der Waals surface area contributed by atoms with Crippen LogP contribution in [0, 0.1) is 11.7 Å². The number of nitrogens with one attached hydrogen (secondary N) is 1. The van der Waals surface area contributed by atoms with Crippen molar-refractivity contribution in [3.05, 3.63) is 29.6 Å². The number of halogens is 1. The molecule has 20 heavy (non-hydrogen) atoms. The van der Waals surface area contributed by atoms with Gasteiger partial charge in [-0.25, -0.2) is 4.39 Å². The molecule has 0 amide bonds. The highest BCUT2D eigenvalue weighted by Gasteiger charge is 2.25. The molecule has 3 heteroatoms. The van der Waals surface area contributed by atoms with E-state index in [0.29, 0.717) is 6.04 Å². The summed E-state index contributed by atoms with van der Waals surface area (Å²) in [4.78, 5) is 2.29. The fourth-order valence-corrected chi connectivity index (χ4v) is 3.36. The Bertz CT molecular complexity index is 447. The van der Waals surface area contributed by atoms with Crippen molar-refractivity contribution in [2.24, 2.45) is 5.92 Å². The van der Waals surface area contributed by atoms with E-state index >= 15 is 0 Å². The van der Waals surface area contributed by atoms with Gasteiger partial charge in [0.1, 0.15) is 5.82 Å². The third-order valence-electron chi connectivity index (χ3n) is 4.73. The van der Waals surface area contributed by atoms with Crippen molar-refractivity contribution in [3.63, 3.8) is 0 Å². The zero-order chi connectivity index (χ0) is 14.7. The van der Waals surface area contributed by atoms with Crippen LogP contribution in [0.3, 0.4) is 0 Å². The largest absolute Gasteiger partial charge is 0.371 e. The number of nitrogens with zero attached hydrogens (tertiary/aromatic N) is 1. The Hall–Kier alpha value is -1.09. The fourth-order valence-electron chi connectivity index (χ4n) is 3.36. The molecule has 1 aliphatic carbocycles. The van der Waals surface area contributed by atoms with Crippen LogP contribution in [0.2, 0.25) is 0 Å². The summed E-state index contributed by atoms with van der Waals surface area (Å²) < 4.78 is 14.2. The van der Waals surface area contributed by atoms with Gasteiger partial charge < -0.3 is 10.2 Å². The Morgan fingerprint density at radius 1 is 1.35 bits per heavy atom. The van der Waals surface area contributed by atoms with E-state index in [4.69, 9.17) is 0 Å². The average molecular weight is 278 g/mol. The smallest absolute Gasteiger partial charge is 0.130 e. The third kappa shape index (κ3) is 3.14. The van der Waals surface area contributed by atoms with Crippen LogP contribution in [0.5, 0.6) is 0 Å². The first kappa shape index (κ1) is 15.3. The SMILES string of the molecule is CNC(C)c1c(F)cccc1N(C)C1CCCC(C)C1. The van der Waals surface area contributed by atoms with E-state index in [1.165, 1.54) is 25.7 Å². The Balaban J connectivity index is 2.29. The first-order chi connectivity index (χ1) is 9.54. The number of benzene rings is 1. The summed E-state index contributed by atoms with van der Waals surface area (Å²) in [6, 6.07) is 5.98. The minimum absolute atomic E-state index is 0.0228. The third-order valence-corrected chi connectivity index (χ3v) is 4.73. The van der Waals surface area contributed by atoms with Crippen LogP contribution in [0.15, 0.2) is 18.2 Å². The molecule has 1 aromatic carbocycles. The normalized spacial score (nSPS) is 24.4. The maximum absolute atomic E-state index is 14.2. The van der Waals surface area contributed by atoms with E-state index in [1.54, 1.807) is 6.07 Å². The van der Waals surface area contributed by atoms with Gasteiger partial charge in [-0.3, -0.25) is 0 Å². The van der Waals surface area contributed by atoms with Crippen molar-refractivity contribution in [1.82, 2.24) is 5.32 Å². The van der Waals surface area contributed by atoms with Crippen LogP contribution in [0.1, 0.15) is 51.1 Å². The van der Waals surface area contributed by atoms with Gasteiger partial charge >= 0.3 is 0 Å². The lowest BCUT2D eigenvalue weighted by atomic mass is 9.86. The van der Waals surface area contributed by atoms with Crippen LogP contribution < -0.4 is 10.2 Å². The molecule has 0 bridgehead atoms. The molecule has 1 N–H and O–H groups in total. The first-order valence-electron chi connectivity index (χ1n) is 7.73. The molecule has 1 fully saturated rings. The Kier molecular flexibility index (Phi) is 5.03. The molecular weight excluding hydrogens is 251 g/mol. The molecular formula is C17H27FN2. The van der Waals surface area contributed by atoms with E-state index in [0.717, 1.165) is 17.2 Å². The van der Waals surface area contributed by atoms with Crippen LogP contribution in [-0.4, -0.2) is 20.1 Å². The van der Waals surface area contributed by atoms with Gasteiger partial charge in [0.2, 0.25) is 0 Å². The van der Waals surface area contributed by atoms with E-state index < -0.39 is 0 Å². The molecule has 3 unspecified atom stereocenters. The highest BCUT2D eigenvalue weighted by atomic mass is 19.1. The summed E-state index contributed by atoms with van der Waals surface area (Å²) in [5.74, 6) is 0.662. The topological polar surface area (TPSA) is 15.3 Å². The molecule has 2 rings (SSSR count). The molecule has 0 spiro atoms. The quantitative estimate of drug-likeness (QED) is 0.891. The second kappa shape index (κ2) is 6.57. The van der Waals surface area contributed by atoms with E-state index in [9.17, 15) is 4.39 Å². The van der Waals surface area contributed by atoms with Gasteiger partial charge in [0.15, 0.2) is 0 Å². The van der Waals surface area contributed by atoms with Gasteiger partial charge in [0, 0.05) is 30.4 Å². The predicted octanol–water partition coefficient (Wildman–Crippen LogP) is 4.12. The van der Waals surface area contributed by atoms with Gasteiger partial charge in [-0.15, -0.1) is 0 Å². The summed E-state index contributed by atoms with van der Waals surface area (Å²) in [5.41, 5.74) is 1.82. The van der Waals surface area contributed by atoms with Crippen LogP contribution >= 0.6 is 0 Å². The lowest BCUT2D eigenvalue weighted by Gasteiger charge is -2.37. The number of rotatable bonds is 4. The summed E-state index contributed by atoms with van der Waals surface area (Å²) >= 11 is 0. The Morgan fingerprint density at radius 2 is 2.10 bits per heavy atom. The molecule has 0 aromatic heterocycles. The van der Waals surface area contributed by atoms with E-state index in [1.807, 2.05) is 26.1 Å². The molecule has 3 atom stereocenters. The minimum atomic E-state index is -0.111. The highest BCUT2D eigenvalue weighted by molar-refractivity contribution is 5.55. The van der Waals surface area contributed by atoms with Gasteiger partial charge in [0.05, 0.1) is 0 Å². The maximum atomic E-state index is 14.2. The first-order valence-corrected chi connectivity index (χ1v) is 7.73. The highest BCUT2D eigenvalue weighted by Crippen LogP contribution is 2.34. The lowest BCUT2D eigenvalue weighted by Crippen LogP contribution is -2.36. The fraction of sp³-hybridized carbons (Fsp3) is 0.647. The Morgan fingerprint density at radius 3 is 2.75 bits per heavy atom. The molecule has 0 aliphatic heterocycles. The van der Waals surface area contributed by atoms with Gasteiger partial charge in [-0.1, -0.05) is 25.8 Å². The summed E-state index contributed by atoms with van der Waals surface area (Å²) in [7, 11) is 3.99. The lowest BCUT2D eigenvalue weighted by molar-refractivity contribution is 0.336. The van der Waals surface area contributed by atoms with E-state index in [2.05, 4.69) is 24.2 Å². The van der Waals surface area contributed by atoms with E-state index in [-0.39, 0.29) is 11.9 Å². The predicted molar refractivity (Wildman–Crippen MR) is 83.7 cm³/mol. The zero-order valence-electron chi connectivity index (χ0n) is 13.1. The van der Waals surface area contributed by atoms with Crippen molar-refractivity contribution in [3.8, 4) is 0 Å². The molecule has 0 radical (unpaired) electrons. The molecule has 1 aliphatic rings. The molecule has 0 heterocycles. The van der Waals surface area contributed by atoms with Crippen molar-refractivity contribution >= 4 is 5.69 Å². The molecule has 1 aromatic rings. The van der Waals surface area contributed by atoms with Gasteiger partial charge in [0.25, 0.3) is 0 Å². The standard InChI is InChI=1S/C17H27FN2/c1-12-7-5-8-14(11-12)20(4)16-10-6-9-15(18)17(16)13(2)19-3/h6,9-10,12-14,19H,5,7-8,11H2,1-4H3. The summed E-state index contributed by atoms with van der Waals surface area (Å²) in [5, 5.41) is 3.16. The molecule has 2 nitrogen and oxygen atoms in total. The van der Waals surface area contributed by atoms with Gasteiger partial charge in [-0.2, -0.15) is 0 Å². The minimum Gasteiger partial charge on any atom is -0.371 e. The molecule has 112 valence electrons. The second-order valence-corrected chi connectivity index (χ2v) is 6.22. The number of hydrogen-bond donors (Lipinski definition) is 1. The maximum Gasteiger partial charge on any atom is 0.130 e. The van der Waals surface area contributed by atoms with Crippen LogP contribution in [0.4, 0.5) is 10.1 Å². The number of anilines is 1. The number of hydrogen-bond acceptors (Lipinski definition) is 2. The van der Waals surface area contributed by atoms with Crippen LogP contribution in [0.25, 0.3) is 0 Å². The summed E-state index contributed by atoms with van der Waals surface area (Å²) in [6.07, 6.45) is 5.03. The molecule has 1 saturated carbocycles. The van der Waals surface area contributed by atoms with Crippen molar-refractivity contribution in [1.29, 1.82) is 0 Å². The zero-order valence-corrected chi connectivity index (χ0v) is 13.1. The van der Waals surface area contributed by atoms with Crippen molar-refractivity contribution in [2.75, 3.05) is 19.0 Å². The van der Waals surface area contributed by atoms with Crippen molar-refractivity contribution < 1.29 is 4.39 Å². The van der Waals surface area contributed by atoms with Gasteiger partial charge in [-0.05, 0) is 44.9 Å². The summed E-state index contributed by atoms with van der Waals surface area (Å²) in [6.45, 7) is 4.34. The van der Waals surface area contributed by atoms with Crippen molar-refractivity contribution in [2.45, 2.75) is 51.6 Å². The second-order valence-electron chi connectivity index (χ2n) is 6.22. The molecule has 0 saturated heterocycles. The van der Waals surface area contributed by atoms with Crippen LogP contribution in [-0.2, 0) is 0 Å². The average Bonchev–Trinajstić information content (AvgIpc) is 2.45.